The molecule has 1 rings (SSSR count). The van der Waals surface area contributed by atoms with Crippen LogP contribution in [0.2, 0.25) is 0 Å². The van der Waals surface area contributed by atoms with Crippen LogP contribution in [0.4, 0.5) is 5.69 Å². The van der Waals surface area contributed by atoms with Crippen molar-refractivity contribution < 1.29 is 14.6 Å². The molecule has 94 valence electrons. The van der Waals surface area contributed by atoms with Crippen LogP contribution in [0.1, 0.15) is 20.3 Å². The Morgan fingerprint density at radius 1 is 1.41 bits per heavy atom. The Labute approximate surface area is 102 Å². The third-order valence-corrected chi connectivity index (χ3v) is 2.75. The first-order chi connectivity index (χ1) is 7.97. The molecule has 0 unspecified atom stereocenters. The summed E-state index contributed by atoms with van der Waals surface area (Å²) >= 11 is 0. The summed E-state index contributed by atoms with van der Waals surface area (Å²) in [6.45, 7) is 4.04. The molecule has 1 aromatic carbocycles. The van der Waals surface area contributed by atoms with Gasteiger partial charge in [0.2, 0.25) is 0 Å². The van der Waals surface area contributed by atoms with Crippen LogP contribution in [-0.4, -0.2) is 24.7 Å². The molecule has 0 spiro atoms. The second-order valence-corrected chi connectivity index (χ2v) is 4.57. The zero-order valence-electron chi connectivity index (χ0n) is 10.5. The van der Waals surface area contributed by atoms with E-state index >= 15 is 0 Å². The van der Waals surface area contributed by atoms with Gasteiger partial charge >= 0.3 is 5.97 Å². The summed E-state index contributed by atoms with van der Waals surface area (Å²) < 4.78 is 5.20. The first kappa shape index (κ1) is 13.4. The number of carboxylic acids is 1. The van der Waals surface area contributed by atoms with Gasteiger partial charge in [0.25, 0.3) is 0 Å². The largest absolute Gasteiger partial charge is 0.495 e. The molecule has 0 bridgehead atoms. The number of nitrogens with one attached hydrogen (secondary N) is 1. The fourth-order valence-corrected chi connectivity index (χ4v) is 1.41. The lowest BCUT2D eigenvalue weighted by Crippen LogP contribution is -2.26. The normalized spacial score (nSPS) is 11.0. The number of rotatable bonds is 6. The second-order valence-electron chi connectivity index (χ2n) is 4.57. The van der Waals surface area contributed by atoms with Gasteiger partial charge in [0.05, 0.1) is 18.2 Å². The summed E-state index contributed by atoms with van der Waals surface area (Å²) in [4.78, 5) is 10.9. The molecule has 0 aliphatic heterocycles. The van der Waals surface area contributed by atoms with Gasteiger partial charge in [-0.3, -0.25) is 4.79 Å². The Bertz CT molecular complexity index is 388. The van der Waals surface area contributed by atoms with Crippen LogP contribution in [-0.2, 0) is 4.79 Å². The molecule has 0 aromatic heterocycles. The Balaban J connectivity index is 2.54. The number of carboxylic acid groups (broad SMARTS) is 1. The van der Waals surface area contributed by atoms with Gasteiger partial charge in [-0.15, -0.1) is 0 Å². The van der Waals surface area contributed by atoms with E-state index in [1.165, 1.54) is 0 Å². The lowest BCUT2D eigenvalue weighted by Gasteiger charge is -2.19. The van der Waals surface area contributed by atoms with Gasteiger partial charge < -0.3 is 15.2 Å². The van der Waals surface area contributed by atoms with Crippen molar-refractivity contribution in [2.75, 3.05) is 19.0 Å². The van der Waals surface area contributed by atoms with Gasteiger partial charge in [0.1, 0.15) is 5.75 Å². The molecule has 0 saturated carbocycles. The molecule has 1 aromatic rings. The van der Waals surface area contributed by atoms with E-state index < -0.39 is 11.4 Å². The highest BCUT2D eigenvalue weighted by molar-refractivity contribution is 5.73. The maximum atomic E-state index is 10.9. The van der Waals surface area contributed by atoms with Gasteiger partial charge in [-0.25, -0.2) is 0 Å². The fourth-order valence-electron chi connectivity index (χ4n) is 1.41. The molecule has 2 N–H and O–H groups in total. The second kappa shape index (κ2) is 5.57. The fraction of sp³-hybridized carbons (Fsp3) is 0.462. The molecule has 0 aliphatic rings. The van der Waals surface area contributed by atoms with Crippen molar-refractivity contribution in [2.45, 2.75) is 20.3 Å². The lowest BCUT2D eigenvalue weighted by molar-refractivity contribution is -0.147. The van der Waals surface area contributed by atoms with Crippen LogP contribution in [0.5, 0.6) is 5.75 Å². The minimum Gasteiger partial charge on any atom is -0.495 e. The average Bonchev–Trinajstić information content (AvgIpc) is 2.29. The molecule has 0 radical (unpaired) electrons. The molecule has 0 heterocycles. The van der Waals surface area contributed by atoms with Gasteiger partial charge in [-0.2, -0.15) is 0 Å². The van der Waals surface area contributed by atoms with Crippen molar-refractivity contribution >= 4 is 11.7 Å². The number of anilines is 1. The summed E-state index contributed by atoms with van der Waals surface area (Å²) in [5, 5.41) is 12.2. The maximum absolute atomic E-state index is 10.9. The van der Waals surface area contributed by atoms with Crippen LogP contribution in [0, 0.1) is 5.41 Å². The number of aliphatic carboxylic acids is 1. The third kappa shape index (κ3) is 3.66. The van der Waals surface area contributed by atoms with Crippen molar-refractivity contribution in [3.8, 4) is 5.75 Å². The monoisotopic (exact) mass is 237 g/mol. The van der Waals surface area contributed by atoms with Crippen molar-refractivity contribution in [1.82, 2.24) is 0 Å². The van der Waals surface area contributed by atoms with Gasteiger partial charge in [0, 0.05) is 6.54 Å². The van der Waals surface area contributed by atoms with E-state index in [9.17, 15) is 4.79 Å². The Morgan fingerprint density at radius 2 is 2.06 bits per heavy atom. The van der Waals surface area contributed by atoms with E-state index in [1.54, 1.807) is 21.0 Å². The standard InChI is InChI=1S/C13H19NO3/c1-13(2,12(15)16)8-9-14-10-6-4-5-7-11(10)17-3/h4-7,14H,8-9H2,1-3H3,(H,15,16). The number of para-hydroxylation sites is 2. The SMILES string of the molecule is COc1ccccc1NCCC(C)(C)C(=O)O. The maximum Gasteiger partial charge on any atom is 0.309 e. The van der Waals surface area contributed by atoms with Crippen LogP contribution in [0.25, 0.3) is 0 Å². The van der Waals surface area contributed by atoms with E-state index in [4.69, 9.17) is 9.84 Å². The summed E-state index contributed by atoms with van der Waals surface area (Å²) in [5.74, 6) is -0.0139. The highest BCUT2D eigenvalue weighted by Crippen LogP contribution is 2.25. The Hall–Kier alpha value is -1.71. The number of hydrogen-bond acceptors (Lipinski definition) is 3. The highest BCUT2D eigenvalue weighted by Gasteiger charge is 2.26. The first-order valence-corrected chi connectivity index (χ1v) is 5.57. The number of methoxy groups -OCH3 is 1. The lowest BCUT2D eigenvalue weighted by atomic mass is 9.90. The van der Waals surface area contributed by atoms with E-state index in [0.29, 0.717) is 13.0 Å². The zero-order valence-corrected chi connectivity index (χ0v) is 10.5. The number of carbonyl (C=O) groups is 1. The Morgan fingerprint density at radius 3 is 2.65 bits per heavy atom. The van der Waals surface area contributed by atoms with Gasteiger partial charge in [0.15, 0.2) is 0 Å². The molecule has 0 amide bonds. The molecular formula is C13H19NO3. The minimum atomic E-state index is -0.778. The molecule has 0 fully saturated rings. The van der Waals surface area contributed by atoms with Crippen molar-refractivity contribution in [1.29, 1.82) is 0 Å². The molecule has 0 saturated heterocycles. The number of hydrogen-bond donors (Lipinski definition) is 2. The van der Waals surface area contributed by atoms with Crippen LogP contribution in [0.3, 0.4) is 0 Å². The summed E-state index contributed by atoms with van der Waals surface area (Å²) in [5.41, 5.74) is 0.172. The molecule has 4 heteroatoms. The van der Waals surface area contributed by atoms with E-state index in [0.717, 1.165) is 11.4 Å². The topological polar surface area (TPSA) is 58.6 Å². The smallest absolute Gasteiger partial charge is 0.309 e. The summed E-state index contributed by atoms with van der Waals surface area (Å²) in [6.07, 6.45) is 0.556. The zero-order chi connectivity index (χ0) is 12.9. The molecular weight excluding hydrogens is 218 g/mol. The quantitative estimate of drug-likeness (QED) is 0.798. The molecule has 17 heavy (non-hydrogen) atoms. The van der Waals surface area contributed by atoms with E-state index in [2.05, 4.69) is 5.32 Å². The van der Waals surface area contributed by atoms with Crippen molar-refractivity contribution in [2.24, 2.45) is 5.41 Å². The Kier molecular flexibility index (Phi) is 4.37. The average molecular weight is 237 g/mol. The van der Waals surface area contributed by atoms with Crippen LogP contribution >= 0.6 is 0 Å². The number of benzene rings is 1. The molecule has 0 aliphatic carbocycles. The third-order valence-electron chi connectivity index (χ3n) is 2.75. The van der Waals surface area contributed by atoms with Crippen LogP contribution < -0.4 is 10.1 Å². The van der Waals surface area contributed by atoms with Gasteiger partial charge in [-0.1, -0.05) is 12.1 Å². The highest BCUT2D eigenvalue weighted by atomic mass is 16.5. The molecule has 0 atom stereocenters. The predicted octanol–water partition coefficient (Wildman–Crippen LogP) is 2.61. The number of ether oxygens (including phenoxy) is 1. The van der Waals surface area contributed by atoms with Crippen LogP contribution in [0.15, 0.2) is 24.3 Å². The van der Waals surface area contributed by atoms with Gasteiger partial charge in [-0.05, 0) is 32.4 Å². The first-order valence-electron chi connectivity index (χ1n) is 5.57. The van der Waals surface area contributed by atoms with Crippen molar-refractivity contribution in [3.05, 3.63) is 24.3 Å². The predicted molar refractivity (Wildman–Crippen MR) is 67.5 cm³/mol. The van der Waals surface area contributed by atoms with E-state index in [1.807, 2.05) is 24.3 Å². The molecule has 4 nitrogen and oxygen atoms in total. The summed E-state index contributed by atoms with van der Waals surface area (Å²) in [6, 6.07) is 7.58. The summed E-state index contributed by atoms with van der Waals surface area (Å²) in [7, 11) is 1.61. The van der Waals surface area contributed by atoms with Crippen molar-refractivity contribution in [3.63, 3.8) is 0 Å². The van der Waals surface area contributed by atoms with E-state index in [-0.39, 0.29) is 0 Å². The minimum absolute atomic E-state index is 0.556.